The number of hydrogen-bond donors (Lipinski definition) is 1. The number of amides is 1. The first kappa shape index (κ1) is 22.1. The smallest absolute Gasteiger partial charge is 0.254 e. The Morgan fingerprint density at radius 1 is 1.20 bits per heavy atom. The predicted molar refractivity (Wildman–Crippen MR) is 123 cm³/mol. The second-order valence-corrected chi connectivity index (χ2v) is 8.93. The molecule has 3 rings (SSSR count). The van der Waals surface area contributed by atoms with Crippen LogP contribution in [0.2, 0.25) is 0 Å². The zero-order chi connectivity index (χ0) is 21.9. The molecule has 0 aliphatic carbocycles. The molecule has 0 saturated carbocycles. The van der Waals surface area contributed by atoms with Crippen molar-refractivity contribution in [3.63, 3.8) is 0 Å². The first-order chi connectivity index (χ1) is 14.2. The van der Waals surface area contributed by atoms with Crippen LogP contribution in [0.1, 0.15) is 68.9 Å². The fraction of sp³-hybridized carbons (Fsp3) is 0.500. The molecule has 0 radical (unpaired) electrons. The van der Waals surface area contributed by atoms with Crippen LogP contribution < -0.4 is 10.2 Å². The molecule has 1 aromatic carbocycles. The molecule has 6 heteroatoms. The maximum absolute atomic E-state index is 13.0. The number of rotatable bonds is 7. The molecule has 162 valence electrons. The Labute approximate surface area is 179 Å². The van der Waals surface area contributed by atoms with Crippen LogP contribution in [0.5, 0.6) is 0 Å². The highest BCUT2D eigenvalue weighted by molar-refractivity contribution is 5.95. The third-order valence-corrected chi connectivity index (χ3v) is 5.31. The zero-order valence-electron chi connectivity index (χ0n) is 19.0. The summed E-state index contributed by atoms with van der Waals surface area (Å²) in [5.41, 5.74) is 2.81. The monoisotopic (exact) mass is 410 g/mol. The summed E-state index contributed by atoms with van der Waals surface area (Å²) in [6.07, 6.45) is 3.45. The van der Waals surface area contributed by atoms with E-state index in [0.717, 1.165) is 11.4 Å². The molecule has 0 spiro atoms. The van der Waals surface area contributed by atoms with Gasteiger partial charge in [-0.15, -0.1) is 0 Å². The molecule has 0 saturated heterocycles. The second-order valence-electron chi connectivity index (χ2n) is 8.93. The average Bonchev–Trinajstić information content (AvgIpc) is 3.14. The molecule has 1 unspecified atom stereocenters. The van der Waals surface area contributed by atoms with Crippen LogP contribution in [0, 0.1) is 0 Å². The van der Waals surface area contributed by atoms with Gasteiger partial charge in [-0.2, -0.15) is 0 Å². The van der Waals surface area contributed by atoms with Crippen LogP contribution in [0.15, 0.2) is 41.5 Å². The molecule has 1 N–H and O–H groups in total. The van der Waals surface area contributed by atoms with Gasteiger partial charge in [-0.1, -0.05) is 26.0 Å². The highest BCUT2D eigenvalue weighted by Gasteiger charge is 2.31. The lowest BCUT2D eigenvalue weighted by atomic mass is 10.0. The van der Waals surface area contributed by atoms with E-state index in [4.69, 9.17) is 4.74 Å². The van der Waals surface area contributed by atoms with E-state index in [1.54, 1.807) is 0 Å². The number of ether oxygens (including phenoxy) is 1. The molecule has 1 aliphatic heterocycles. The van der Waals surface area contributed by atoms with Gasteiger partial charge < -0.3 is 19.5 Å². The lowest BCUT2D eigenvalue weighted by Crippen LogP contribution is -2.51. The van der Waals surface area contributed by atoms with Crippen LogP contribution >= 0.6 is 0 Å². The van der Waals surface area contributed by atoms with E-state index in [1.165, 1.54) is 5.56 Å². The van der Waals surface area contributed by atoms with Gasteiger partial charge in [-0.3, -0.25) is 4.79 Å². The third-order valence-electron chi connectivity index (χ3n) is 5.31. The largest absolute Gasteiger partial charge is 0.380 e. The number of carbonyl (C=O) groups excluding carboxylic acids is 1. The predicted octanol–water partition coefficient (Wildman–Crippen LogP) is 4.36. The van der Waals surface area contributed by atoms with Gasteiger partial charge in [-0.05, 0) is 57.4 Å². The lowest BCUT2D eigenvalue weighted by molar-refractivity contribution is 0.0932. The number of hydrogen-bond acceptors (Lipinski definition) is 4. The van der Waals surface area contributed by atoms with Crippen molar-refractivity contribution in [2.45, 2.75) is 59.3 Å². The van der Waals surface area contributed by atoms with Crippen molar-refractivity contribution >= 4 is 17.9 Å². The topological polar surface area (TPSA) is 58.9 Å². The van der Waals surface area contributed by atoms with Crippen LogP contribution in [-0.2, 0) is 10.3 Å². The standard InChI is InChI=1S/C24H34N4O2/c1-7-30-15-14-27-22-20(12-13-28(22)24(4,5)6)16-25-23(27)26-21(29)19-10-8-18(9-11-19)17(2)3/h8-13,16-17,23H,7,14-15H2,1-6H3,(H,26,29). The number of benzene rings is 1. The maximum Gasteiger partial charge on any atom is 0.254 e. The summed E-state index contributed by atoms with van der Waals surface area (Å²) in [4.78, 5) is 19.7. The zero-order valence-corrected chi connectivity index (χ0v) is 19.0. The van der Waals surface area contributed by atoms with E-state index in [0.29, 0.717) is 31.2 Å². The van der Waals surface area contributed by atoms with Crippen molar-refractivity contribution in [1.29, 1.82) is 0 Å². The van der Waals surface area contributed by atoms with Gasteiger partial charge in [0.15, 0.2) is 6.29 Å². The van der Waals surface area contributed by atoms with Crippen LogP contribution in [0.4, 0.5) is 5.82 Å². The van der Waals surface area contributed by atoms with Gasteiger partial charge in [0, 0.05) is 42.2 Å². The number of anilines is 1. The van der Waals surface area contributed by atoms with Gasteiger partial charge >= 0.3 is 0 Å². The van der Waals surface area contributed by atoms with Gasteiger partial charge in [0.25, 0.3) is 5.91 Å². The van der Waals surface area contributed by atoms with Gasteiger partial charge in [0.05, 0.1) is 6.61 Å². The van der Waals surface area contributed by atoms with Crippen molar-refractivity contribution in [3.05, 3.63) is 53.2 Å². The molecule has 1 aliphatic rings. The number of nitrogens with zero attached hydrogens (tertiary/aromatic N) is 3. The molecule has 0 fully saturated rings. The van der Waals surface area contributed by atoms with Crippen molar-refractivity contribution in [2.24, 2.45) is 4.99 Å². The average molecular weight is 411 g/mol. The molecule has 1 aromatic heterocycles. The van der Waals surface area contributed by atoms with E-state index >= 15 is 0 Å². The summed E-state index contributed by atoms with van der Waals surface area (Å²) in [6, 6.07) is 9.86. The van der Waals surface area contributed by atoms with E-state index < -0.39 is 6.29 Å². The van der Waals surface area contributed by atoms with Crippen molar-refractivity contribution in [1.82, 2.24) is 9.88 Å². The molecule has 6 nitrogen and oxygen atoms in total. The minimum atomic E-state index is -0.480. The quantitative estimate of drug-likeness (QED) is 0.690. The SMILES string of the molecule is CCOCCN1c2c(ccn2C(C)(C)C)C=NC1NC(=O)c1ccc(C(C)C)cc1. The Kier molecular flexibility index (Phi) is 6.66. The summed E-state index contributed by atoms with van der Waals surface area (Å²) in [6.45, 7) is 14.6. The third kappa shape index (κ3) is 4.75. The number of carbonyl (C=O) groups is 1. The van der Waals surface area contributed by atoms with Crippen LogP contribution in [0.25, 0.3) is 0 Å². The summed E-state index contributed by atoms with van der Waals surface area (Å²) in [5, 5.41) is 3.09. The van der Waals surface area contributed by atoms with E-state index in [9.17, 15) is 4.79 Å². The fourth-order valence-corrected chi connectivity index (χ4v) is 3.60. The van der Waals surface area contributed by atoms with E-state index in [2.05, 4.69) is 66.7 Å². The number of aliphatic imine (C=N–C) groups is 1. The molecule has 30 heavy (non-hydrogen) atoms. The van der Waals surface area contributed by atoms with Crippen LogP contribution in [0.3, 0.4) is 0 Å². The van der Waals surface area contributed by atoms with Gasteiger partial charge in [-0.25, -0.2) is 4.99 Å². The molecule has 2 heterocycles. The van der Waals surface area contributed by atoms with Crippen molar-refractivity contribution in [3.8, 4) is 0 Å². The first-order valence-corrected chi connectivity index (χ1v) is 10.7. The van der Waals surface area contributed by atoms with E-state index in [-0.39, 0.29) is 11.4 Å². The van der Waals surface area contributed by atoms with Crippen molar-refractivity contribution < 1.29 is 9.53 Å². The summed E-state index contributed by atoms with van der Waals surface area (Å²) < 4.78 is 7.84. The Bertz CT molecular complexity index is 891. The highest BCUT2D eigenvalue weighted by Crippen LogP contribution is 2.31. The summed E-state index contributed by atoms with van der Waals surface area (Å²) >= 11 is 0. The number of nitrogens with one attached hydrogen (secondary N) is 1. The minimum Gasteiger partial charge on any atom is -0.380 e. The Balaban J connectivity index is 1.85. The Morgan fingerprint density at radius 2 is 1.90 bits per heavy atom. The molecule has 1 atom stereocenters. The molecule has 0 bridgehead atoms. The first-order valence-electron chi connectivity index (χ1n) is 10.7. The Hall–Kier alpha value is -2.60. The number of fused-ring (bicyclic) bond motifs is 1. The van der Waals surface area contributed by atoms with E-state index in [1.807, 2.05) is 37.4 Å². The number of aromatic nitrogens is 1. The Morgan fingerprint density at radius 3 is 2.50 bits per heavy atom. The molecular formula is C24H34N4O2. The molecule has 2 aromatic rings. The van der Waals surface area contributed by atoms with Gasteiger partial charge in [0.1, 0.15) is 5.82 Å². The summed E-state index contributed by atoms with van der Waals surface area (Å²) in [5.74, 6) is 1.35. The summed E-state index contributed by atoms with van der Waals surface area (Å²) in [7, 11) is 0. The molecule has 1 amide bonds. The normalized spacial score (nSPS) is 16.1. The highest BCUT2D eigenvalue weighted by atomic mass is 16.5. The van der Waals surface area contributed by atoms with Crippen molar-refractivity contribution in [2.75, 3.05) is 24.7 Å². The minimum absolute atomic E-state index is 0.0934. The fourth-order valence-electron chi connectivity index (χ4n) is 3.60. The lowest BCUT2D eigenvalue weighted by Gasteiger charge is -2.37. The van der Waals surface area contributed by atoms with Crippen LogP contribution in [-0.4, -0.2) is 42.7 Å². The van der Waals surface area contributed by atoms with Gasteiger partial charge in [0.2, 0.25) is 0 Å². The molecular weight excluding hydrogens is 376 g/mol. The maximum atomic E-state index is 13.0. The second kappa shape index (κ2) is 9.04.